The normalized spacial score (nSPS) is 17.6. The first-order chi connectivity index (χ1) is 8.97. The second-order valence-electron chi connectivity index (χ2n) is 6.44. The van der Waals surface area contributed by atoms with E-state index in [9.17, 15) is 0 Å². The van der Waals surface area contributed by atoms with Crippen LogP contribution in [0, 0.1) is 26.7 Å². The van der Waals surface area contributed by atoms with Gasteiger partial charge < -0.3 is 10.6 Å². The van der Waals surface area contributed by atoms with Crippen molar-refractivity contribution >= 4 is 0 Å². The van der Waals surface area contributed by atoms with Gasteiger partial charge in [-0.3, -0.25) is 0 Å². The van der Waals surface area contributed by atoms with Crippen molar-refractivity contribution in [1.82, 2.24) is 4.90 Å². The van der Waals surface area contributed by atoms with Gasteiger partial charge in [-0.15, -0.1) is 0 Å². The van der Waals surface area contributed by atoms with Gasteiger partial charge in [-0.2, -0.15) is 0 Å². The van der Waals surface area contributed by atoms with Gasteiger partial charge in [-0.05, 0) is 63.3 Å². The van der Waals surface area contributed by atoms with Gasteiger partial charge in [0.15, 0.2) is 0 Å². The molecule has 1 aromatic carbocycles. The van der Waals surface area contributed by atoms with Crippen LogP contribution >= 0.6 is 0 Å². The zero-order valence-corrected chi connectivity index (χ0v) is 12.9. The van der Waals surface area contributed by atoms with Crippen LogP contribution in [0.3, 0.4) is 0 Å². The van der Waals surface area contributed by atoms with Crippen molar-refractivity contribution < 1.29 is 0 Å². The van der Waals surface area contributed by atoms with E-state index in [0.29, 0.717) is 0 Å². The molecule has 0 aliphatic heterocycles. The number of nitrogens with zero attached hydrogens (tertiary/aromatic N) is 1. The second-order valence-corrected chi connectivity index (χ2v) is 6.44. The molecule has 19 heavy (non-hydrogen) atoms. The summed E-state index contributed by atoms with van der Waals surface area (Å²) in [6.45, 7) is 8.68. The maximum Gasteiger partial charge on any atom is 0.0429 e. The maximum absolute atomic E-state index is 6.44. The van der Waals surface area contributed by atoms with Crippen molar-refractivity contribution in [3.8, 4) is 0 Å². The summed E-state index contributed by atoms with van der Waals surface area (Å²) in [5.41, 5.74) is 11.8. The van der Waals surface area contributed by atoms with Gasteiger partial charge in [0.25, 0.3) is 0 Å². The smallest absolute Gasteiger partial charge is 0.0429 e. The molecule has 1 aliphatic carbocycles. The van der Waals surface area contributed by atoms with Crippen LogP contribution in [-0.2, 0) is 0 Å². The first kappa shape index (κ1) is 14.5. The minimum Gasteiger partial charge on any atom is -0.323 e. The maximum atomic E-state index is 6.44. The quantitative estimate of drug-likeness (QED) is 0.879. The molecule has 0 amide bonds. The van der Waals surface area contributed by atoms with Crippen LogP contribution in [0.2, 0.25) is 0 Å². The van der Waals surface area contributed by atoms with Crippen molar-refractivity contribution in [2.75, 3.05) is 20.1 Å². The van der Waals surface area contributed by atoms with Crippen LogP contribution in [-0.4, -0.2) is 25.0 Å². The van der Waals surface area contributed by atoms with Gasteiger partial charge in [0.1, 0.15) is 0 Å². The lowest BCUT2D eigenvalue weighted by molar-refractivity contribution is 0.198. The third kappa shape index (κ3) is 3.58. The number of likely N-dealkylation sites (N-methyl/N-ethyl adjacent to an activating group) is 1. The Balaban J connectivity index is 2.00. The number of benzene rings is 1. The Bertz CT molecular complexity index is 412. The molecule has 1 saturated carbocycles. The van der Waals surface area contributed by atoms with Crippen LogP contribution in [0.4, 0.5) is 0 Å². The molecule has 2 rings (SSSR count). The lowest BCUT2D eigenvalue weighted by Gasteiger charge is -2.32. The highest BCUT2D eigenvalue weighted by Crippen LogP contribution is 2.28. The Morgan fingerprint density at radius 2 is 1.79 bits per heavy atom. The fraction of sp³-hybridized carbons (Fsp3) is 0.647. The molecule has 2 N–H and O–H groups in total. The molecular formula is C17H28N2. The molecule has 1 unspecified atom stereocenters. The molecule has 2 nitrogen and oxygen atoms in total. The standard InChI is InChI=1S/C17H28N2/c1-12-8-13(2)17(14(3)9-12)16(18)11-19(4)10-15-6-5-7-15/h8-9,15-16H,5-7,10-11,18H2,1-4H3. The van der Waals surface area contributed by atoms with Crippen molar-refractivity contribution in [2.45, 2.75) is 46.1 Å². The average Bonchev–Trinajstić information content (AvgIpc) is 2.21. The van der Waals surface area contributed by atoms with E-state index >= 15 is 0 Å². The topological polar surface area (TPSA) is 29.3 Å². The fourth-order valence-electron chi connectivity index (χ4n) is 3.39. The molecule has 1 aromatic rings. The average molecular weight is 260 g/mol. The van der Waals surface area contributed by atoms with Crippen LogP contribution in [0.25, 0.3) is 0 Å². The van der Waals surface area contributed by atoms with Crippen molar-refractivity contribution in [3.63, 3.8) is 0 Å². The molecular weight excluding hydrogens is 232 g/mol. The zero-order valence-electron chi connectivity index (χ0n) is 12.9. The molecule has 0 radical (unpaired) electrons. The predicted molar refractivity (Wildman–Crippen MR) is 82.4 cm³/mol. The summed E-state index contributed by atoms with van der Waals surface area (Å²) in [4.78, 5) is 2.41. The fourth-order valence-corrected chi connectivity index (χ4v) is 3.39. The Morgan fingerprint density at radius 3 is 2.26 bits per heavy atom. The number of aryl methyl sites for hydroxylation is 3. The molecule has 106 valence electrons. The van der Waals surface area contributed by atoms with Gasteiger partial charge in [0.2, 0.25) is 0 Å². The van der Waals surface area contributed by atoms with Crippen LogP contribution in [0.1, 0.15) is 47.6 Å². The third-order valence-electron chi connectivity index (χ3n) is 4.41. The van der Waals surface area contributed by atoms with E-state index in [2.05, 4.69) is 44.9 Å². The number of hydrogen-bond acceptors (Lipinski definition) is 2. The van der Waals surface area contributed by atoms with Gasteiger partial charge >= 0.3 is 0 Å². The van der Waals surface area contributed by atoms with E-state index in [0.717, 1.165) is 12.5 Å². The highest BCUT2D eigenvalue weighted by Gasteiger charge is 2.21. The highest BCUT2D eigenvalue weighted by atomic mass is 15.1. The SMILES string of the molecule is Cc1cc(C)c(C(N)CN(C)CC2CCC2)c(C)c1. The van der Waals surface area contributed by atoms with Crippen molar-refractivity contribution in [1.29, 1.82) is 0 Å². The Morgan fingerprint density at radius 1 is 1.21 bits per heavy atom. The van der Waals surface area contributed by atoms with E-state index in [1.807, 2.05) is 0 Å². The minimum atomic E-state index is 0.130. The lowest BCUT2D eigenvalue weighted by Crippen LogP contribution is -2.35. The molecule has 0 saturated heterocycles. The Hall–Kier alpha value is -0.860. The zero-order chi connectivity index (χ0) is 14.0. The van der Waals surface area contributed by atoms with Crippen molar-refractivity contribution in [3.05, 3.63) is 34.4 Å². The van der Waals surface area contributed by atoms with Gasteiger partial charge in [0.05, 0.1) is 0 Å². The molecule has 1 atom stereocenters. The summed E-state index contributed by atoms with van der Waals surface area (Å²) in [6, 6.07) is 4.62. The molecule has 0 aromatic heterocycles. The molecule has 1 aliphatic rings. The summed E-state index contributed by atoms with van der Waals surface area (Å²) >= 11 is 0. The van der Waals surface area contributed by atoms with Crippen LogP contribution in [0.15, 0.2) is 12.1 Å². The number of rotatable bonds is 5. The summed E-state index contributed by atoms with van der Waals surface area (Å²) in [5, 5.41) is 0. The summed E-state index contributed by atoms with van der Waals surface area (Å²) < 4.78 is 0. The molecule has 0 heterocycles. The number of nitrogens with two attached hydrogens (primary N) is 1. The van der Waals surface area contributed by atoms with Gasteiger partial charge in [0, 0.05) is 19.1 Å². The van der Waals surface area contributed by atoms with Crippen LogP contribution < -0.4 is 5.73 Å². The van der Waals surface area contributed by atoms with Crippen molar-refractivity contribution in [2.24, 2.45) is 11.7 Å². The van der Waals surface area contributed by atoms with E-state index < -0.39 is 0 Å². The first-order valence-electron chi connectivity index (χ1n) is 7.49. The first-order valence-corrected chi connectivity index (χ1v) is 7.49. The van der Waals surface area contributed by atoms with E-state index in [-0.39, 0.29) is 6.04 Å². The summed E-state index contributed by atoms with van der Waals surface area (Å²) in [7, 11) is 2.21. The Kier molecular flexibility index (Phi) is 4.64. The predicted octanol–water partition coefficient (Wildman–Crippen LogP) is 3.34. The van der Waals surface area contributed by atoms with E-state index in [4.69, 9.17) is 5.73 Å². The van der Waals surface area contributed by atoms with Gasteiger partial charge in [-0.1, -0.05) is 24.1 Å². The molecule has 0 bridgehead atoms. The monoisotopic (exact) mass is 260 g/mol. The molecule has 0 spiro atoms. The summed E-state index contributed by atoms with van der Waals surface area (Å²) in [6.07, 6.45) is 4.23. The molecule has 1 fully saturated rings. The Labute approximate surface area is 118 Å². The minimum absolute atomic E-state index is 0.130. The largest absolute Gasteiger partial charge is 0.323 e. The third-order valence-corrected chi connectivity index (χ3v) is 4.41. The van der Waals surface area contributed by atoms with Gasteiger partial charge in [-0.25, -0.2) is 0 Å². The van der Waals surface area contributed by atoms with E-state index in [1.165, 1.54) is 48.1 Å². The van der Waals surface area contributed by atoms with E-state index in [1.54, 1.807) is 0 Å². The highest BCUT2D eigenvalue weighted by molar-refractivity contribution is 5.39. The van der Waals surface area contributed by atoms with Crippen LogP contribution in [0.5, 0.6) is 0 Å². The number of hydrogen-bond donors (Lipinski definition) is 1. The second kappa shape index (κ2) is 6.06. The molecule has 2 heteroatoms. The lowest BCUT2D eigenvalue weighted by atomic mass is 9.85. The summed E-state index contributed by atoms with van der Waals surface area (Å²) in [5.74, 6) is 0.914.